The van der Waals surface area contributed by atoms with Crippen LogP contribution in [0.5, 0.6) is 0 Å². The van der Waals surface area contributed by atoms with Crippen LogP contribution in [0.15, 0.2) is 0 Å². The second kappa shape index (κ2) is 3.50. The molecule has 0 radical (unpaired) electrons. The number of piperidine rings is 1. The van der Waals surface area contributed by atoms with Crippen molar-refractivity contribution in [3.63, 3.8) is 0 Å². The molecule has 0 bridgehead atoms. The zero-order chi connectivity index (χ0) is 9.38. The van der Waals surface area contributed by atoms with Gasteiger partial charge in [0.1, 0.15) is 5.01 Å². The Hall–Kier alpha value is -0.640. The van der Waals surface area contributed by atoms with E-state index < -0.39 is 0 Å². The molecule has 2 heterocycles. The van der Waals surface area contributed by atoms with Crippen LogP contribution in [-0.4, -0.2) is 23.3 Å². The van der Waals surface area contributed by atoms with E-state index in [0.717, 1.165) is 11.0 Å². The molecule has 1 aromatic rings. The predicted molar refractivity (Wildman–Crippen MR) is 57.9 cm³/mol. The highest BCUT2D eigenvalue weighted by molar-refractivity contribution is 7.15. The first-order valence-electron chi connectivity index (χ1n) is 5.52. The minimum atomic E-state index is 0.756. The first kappa shape index (κ1) is 8.65. The van der Waals surface area contributed by atoms with Crippen LogP contribution in [0.4, 0.5) is 5.13 Å². The molecule has 4 heteroatoms. The van der Waals surface area contributed by atoms with Gasteiger partial charge in [0.2, 0.25) is 5.13 Å². The van der Waals surface area contributed by atoms with Gasteiger partial charge in [-0.05, 0) is 32.1 Å². The SMILES string of the molecule is C1CCN(c2nnc(C3CC3)s2)CC1. The van der Waals surface area contributed by atoms with Gasteiger partial charge in [-0.3, -0.25) is 0 Å². The Morgan fingerprint density at radius 1 is 1.07 bits per heavy atom. The zero-order valence-corrected chi connectivity index (χ0v) is 9.09. The fraction of sp³-hybridized carbons (Fsp3) is 0.800. The molecular formula is C10H15N3S. The molecule has 1 aromatic heterocycles. The third-order valence-corrected chi connectivity index (χ3v) is 4.13. The summed E-state index contributed by atoms with van der Waals surface area (Å²) in [5.74, 6) is 0.756. The van der Waals surface area contributed by atoms with Crippen molar-refractivity contribution in [3.05, 3.63) is 5.01 Å². The Kier molecular flexibility index (Phi) is 2.16. The smallest absolute Gasteiger partial charge is 0.208 e. The Labute approximate surface area is 88.1 Å². The molecule has 3 nitrogen and oxygen atoms in total. The second-order valence-corrected chi connectivity index (χ2v) is 5.23. The molecule has 1 saturated carbocycles. The Balaban J connectivity index is 1.74. The zero-order valence-electron chi connectivity index (χ0n) is 8.28. The fourth-order valence-corrected chi connectivity index (χ4v) is 3.00. The van der Waals surface area contributed by atoms with E-state index in [2.05, 4.69) is 15.1 Å². The standard InChI is InChI=1S/C10H15N3S/c1-2-6-13(7-3-1)10-12-11-9(14-10)8-4-5-8/h8H,1-7H2. The lowest BCUT2D eigenvalue weighted by molar-refractivity contribution is 0.575. The summed E-state index contributed by atoms with van der Waals surface area (Å²) in [5.41, 5.74) is 0. The van der Waals surface area contributed by atoms with Crippen LogP contribution in [0, 0.1) is 0 Å². The van der Waals surface area contributed by atoms with Crippen molar-refractivity contribution in [1.82, 2.24) is 10.2 Å². The predicted octanol–water partition coefficient (Wildman–Crippen LogP) is 2.41. The molecule has 2 aliphatic rings. The summed E-state index contributed by atoms with van der Waals surface area (Å²) in [5, 5.41) is 11.0. The van der Waals surface area contributed by atoms with Crippen molar-refractivity contribution in [2.45, 2.75) is 38.0 Å². The maximum absolute atomic E-state index is 4.30. The van der Waals surface area contributed by atoms with Gasteiger partial charge in [0.15, 0.2) is 0 Å². The number of hydrogen-bond donors (Lipinski definition) is 0. The van der Waals surface area contributed by atoms with Gasteiger partial charge in [0.25, 0.3) is 0 Å². The van der Waals surface area contributed by atoms with Crippen molar-refractivity contribution in [1.29, 1.82) is 0 Å². The van der Waals surface area contributed by atoms with Crippen molar-refractivity contribution < 1.29 is 0 Å². The van der Waals surface area contributed by atoms with Crippen LogP contribution in [0.25, 0.3) is 0 Å². The van der Waals surface area contributed by atoms with E-state index in [1.54, 1.807) is 0 Å². The average Bonchev–Trinajstić information content (AvgIpc) is 2.98. The van der Waals surface area contributed by atoms with Gasteiger partial charge in [-0.2, -0.15) is 0 Å². The van der Waals surface area contributed by atoms with Crippen LogP contribution < -0.4 is 4.90 Å². The highest BCUT2D eigenvalue weighted by Gasteiger charge is 2.28. The van der Waals surface area contributed by atoms with Gasteiger partial charge in [0, 0.05) is 19.0 Å². The van der Waals surface area contributed by atoms with E-state index in [9.17, 15) is 0 Å². The molecule has 0 atom stereocenters. The largest absolute Gasteiger partial charge is 0.347 e. The van der Waals surface area contributed by atoms with Crippen LogP contribution in [-0.2, 0) is 0 Å². The fourth-order valence-electron chi connectivity index (χ4n) is 1.93. The third kappa shape index (κ3) is 1.63. The van der Waals surface area contributed by atoms with Crippen molar-refractivity contribution in [2.75, 3.05) is 18.0 Å². The van der Waals surface area contributed by atoms with Crippen LogP contribution in [0.1, 0.15) is 43.0 Å². The summed E-state index contributed by atoms with van der Waals surface area (Å²) in [7, 11) is 0. The average molecular weight is 209 g/mol. The van der Waals surface area contributed by atoms with E-state index in [-0.39, 0.29) is 0 Å². The lowest BCUT2D eigenvalue weighted by Gasteiger charge is -2.25. The maximum atomic E-state index is 4.30. The summed E-state index contributed by atoms with van der Waals surface area (Å²) in [6.07, 6.45) is 6.67. The second-order valence-electron chi connectivity index (χ2n) is 4.24. The van der Waals surface area contributed by atoms with Gasteiger partial charge in [-0.15, -0.1) is 10.2 Å². The van der Waals surface area contributed by atoms with Crippen molar-refractivity contribution in [2.24, 2.45) is 0 Å². The van der Waals surface area contributed by atoms with Gasteiger partial charge in [-0.25, -0.2) is 0 Å². The molecule has 3 rings (SSSR count). The first-order valence-corrected chi connectivity index (χ1v) is 6.33. The van der Waals surface area contributed by atoms with Gasteiger partial charge < -0.3 is 4.90 Å². The minimum Gasteiger partial charge on any atom is -0.347 e. The lowest BCUT2D eigenvalue weighted by Crippen LogP contribution is -2.29. The topological polar surface area (TPSA) is 29.0 Å². The molecule has 1 aliphatic carbocycles. The first-order chi connectivity index (χ1) is 6.93. The molecule has 2 fully saturated rings. The molecule has 76 valence electrons. The molecule has 1 saturated heterocycles. The highest BCUT2D eigenvalue weighted by atomic mass is 32.1. The quantitative estimate of drug-likeness (QED) is 0.749. The Morgan fingerprint density at radius 2 is 1.86 bits per heavy atom. The normalized spacial score (nSPS) is 22.7. The summed E-state index contributed by atoms with van der Waals surface area (Å²) in [6, 6.07) is 0. The molecule has 0 unspecified atom stereocenters. The molecule has 0 spiro atoms. The van der Waals surface area contributed by atoms with Gasteiger partial charge >= 0.3 is 0 Å². The van der Waals surface area contributed by atoms with E-state index in [1.807, 2.05) is 11.3 Å². The highest BCUT2D eigenvalue weighted by Crippen LogP contribution is 2.42. The maximum Gasteiger partial charge on any atom is 0.208 e. The molecule has 0 N–H and O–H groups in total. The monoisotopic (exact) mass is 209 g/mol. The molecule has 0 aromatic carbocycles. The minimum absolute atomic E-state index is 0.756. The van der Waals surface area contributed by atoms with Gasteiger partial charge in [0.05, 0.1) is 0 Å². The summed E-state index contributed by atoms with van der Waals surface area (Å²) in [4.78, 5) is 2.40. The number of hydrogen-bond acceptors (Lipinski definition) is 4. The van der Waals surface area contributed by atoms with Crippen LogP contribution in [0.2, 0.25) is 0 Å². The molecule has 0 amide bonds. The molecular weight excluding hydrogens is 194 g/mol. The Morgan fingerprint density at radius 3 is 2.57 bits per heavy atom. The van der Waals surface area contributed by atoms with E-state index in [4.69, 9.17) is 0 Å². The van der Waals surface area contributed by atoms with Crippen molar-refractivity contribution in [3.8, 4) is 0 Å². The van der Waals surface area contributed by atoms with Crippen LogP contribution in [0.3, 0.4) is 0 Å². The molecule has 14 heavy (non-hydrogen) atoms. The Bertz CT molecular complexity index is 313. The number of rotatable bonds is 2. The lowest BCUT2D eigenvalue weighted by atomic mass is 10.1. The van der Waals surface area contributed by atoms with E-state index >= 15 is 0 Å². The number of anilines is 1. The summed E-state index contributed by atoms with van der Waals surface area (Å²) < 4.78 is 0. The van der Waals surface area contributed by atoms with Crippen LogP contribution >= 0.6 is 11.3 Å². The molecule has 1 aliphatic heterocycles. The number of nitrogens with zero attached hydrogens (tertiary/aromatic N) is 3. The van der Waals surface area contributed by atoms with Crippen molar-refractivity contribution >= 4 is 16.5 Å². The summed E-state index contributed by atoms with van der Waals surface area (Å²) >= 11 is 1.81. The van der Waals surface area contributed by atoms with E-state index in [1.165, 1.54) is 50.2 Å². The van der Waals surface area contributed by atoms with Gasteiger partial charge in [-0.1, -0.05) is 11.3 Å². The third-order valence-electron chi connectivity index (χ3n) is 2.98. The number of aromatic nitrogens is 2. The van der Waals surface area contributed by atoms with E-state index in [0.29, 0.717) is 0 Å². The summed E-state index contributed by atoms with van der Waals surface area (Å²) in [6.45, 7) is 2.36.